The highest BCUT2D eigenvalue weighted by Crippen LogP contribution is 2.17. The predicted molar refractivity (Wildman–Crippen MR) is 110 cm³/mol. The van der Waals surface area contributed by atoms with Crippen molar-refractivity contribution in [3.05, 3.63) is 64.6 Å². The van der Waals surface area contributed by atoms with E-state index in [0.29, 0.717) is 0 Å². The van der Waals surface area contributed by atoms with Gasteiger partial charge >= 0.3 is 0 Å². The average molecular weight is 416 g/mol. The molecule has 0 aromatic heterocycles. The summed E-state index contributed by atoms with van der Waals surface area (Å²) in [6.07, 6.45) is 0. The Morgan fingerprint density at radius 3 is 2.27 bits per heavy atom. The van der Waals surface area contributed by atoms with Crippen molar-refractivity contribution in [2.24, 2.45) is 0 Å². The number of nitrogens with zero attached hydrogens (tertiary/aromatic N) is 3. The number of benzene rings is 2. The van der Waals surface area contributed by atoms with Gasteiger partial charge in [-0.2, -0.15) is 0 Å². The van der Waals surface area contributed by atoms with E-state index >= 15 is 0 Å². The molecule has 0 bridgehead atoms. The predicted octanol–water partition coefficient (Wildman–Crippen LogP) is 3.62. The molecule has 1 amide bonds. The van der Waals surface area contributed by atoms with Crippen LogP contribution in [-0.4, -0.2) is 55.0 Å². The second-order valence-electron chi connectivity index (χ2n) is 6.87. The number of halogens is 1. The summed E-state index contributed by atoms with van der Waals surface area (Å²) in [6.45, 7) is 6.11. The Balaban J connectivity index is 1.53. The topological polar surface area (TPSA) is 26.8 Å². The van der Waals surface area contributed by atoms with E-state index in [9.17, 15) is 4.79 Å². The normalized spacial score (nSPS) is 16.0. The van der Waals surface area contributed by atoms with E-state index in [1.165, 1.54) is 11.3 Å². The molecule has 1 aliphatic rings. The minimum atomic E-state index is -0.123. The number of amides is 1. The van der Waals surface area contributed by atoms with Gasteiger partial charge in [-0.15, -0.1) is 0 Å². The van der Waals surface area contributed by atoms with Gasteiger partial charge in [-0.3, -0.25) is 9.69 Å². The summed E-state index contributed by atoms with van der Waals surface area (Å²) in [5, 5.41) is 0. The smallest absolute Gasteiger partial charge is 0.239 e. The number of carbonyl (C=O) groups is 1. The number of rotatable bonds is 5. The molecule has 1 aliphatic heterocycles. The van der Waals surface area contributed by atoms with Crippen LogP contribution in [0.3, 0.4) is 0 Å². The number of likely N-dealkylation sites (N-methyl/N-ethyl adjacent to an activating group) is 1. The van der Waals surface area contributed by atoms with Crippen LogP contribution in [0.2, 0.25) is 0 Å². The van der Waals surface area contributed by atoms with Crippen LogP contribution in [0.15, 0.2) is 59.1 Å². The molecule has 1 fully saturated rings. The summed E-state index contributed by atoms with van der Waals surface area (Å²) >= 11 is 3.46. The second-order valence-corrected chi connectivity index (χ2v) is 7.78. The Morgan fingerprint density at radius 1 is 1.04 bits per heavy atom. The Hall–Kier alpha value is -1.85. The molecule has 1 unspecified atom stereocenters. The van der Waals surface area contributed by atoms with Crippen molar-refractivity contribution in [2.75, 3.05) is 38.1 Å². The highest BCUT2D eigenvalue weighted by Gasteiger charge is 2.27. The first-order valence-electron chi connectivity index (χ1n) is 9.08. The number of carbonyl (C=O) groups excluding carboxylic acids is 1. The molecule has 26 heavy (non-hydrogen) atoms. The Labute approximate surface area is 164 Å². The van der Waals surface area contributed by atoms with Crippen LogP contribution in [0.1, 0.15) is 12.5 Å². The molecule has 0 N–H and O–H groups in total. The fraction of sp³-hybridized carbons (Fsp3) is 0.381. The van der Waals surface area contributed by atoms with Crippen LogP contribution in [0.4, 0.5) is 5.69 Å². The highest BCUT2D eigenvalue weighted by molar-refractivity contribution is 9.10. The van der Waals surface area contributed by atoms with Crippen molar-refractivity contribution >= 4 is 27.5 Å². The van der Waals surface area contributed by atoms with Crippen molar-refractivity contribution < 1.29 is 4.79 Å². The Kier molecular flexibility index (Phi) is 6.33. The molecule has 0 spiro atoms. The van der Waals surface area contributed by atoms with E-state index in [0.717, 1.165) is 37.2 Å². The number of hydrogen-bond donors (Lipinski definition) is 0. The summed E-state index contributed by atoms with van der Waals surface area (Å²) in [4.78, 5) is 19.4. The zero-order valence-electron chi connectivity index (χ0n) is 15.4. The van der Waals surface area contributed by atoms with E-state index < -0.39 is 0 Å². The summed E-state index contributed by atoms with van der Waals surface area (Å²) in [7, 11) is 2.02. The minimum absolute atomic E-state index is 0.123. The first-order chi connectivity index (χ1) is 12.5. The largest absolute Gasteiger partial charge is 0.368 e. The molecule has 1 atom stereocenters. The lowest BCUT2D eigenvalue weighted by Crippen LogP contribution is -2.53. The van der Waals surface area contributed by atoms with Gasteiger partial charge < -0.3 is 9.80 Å². The Bertz CT molecular complexity index is 712. The number of piperazine rings is 1. The van der Waals surface area contributed by atoms with E-state index in [1.807, 2.05) is 37.1 Å². The highest BCUT2D eigenvalue weighted by atomic mass is 79.9. The first-order valence-corrected chi connectivity index (χ1v) is 9.87. The van der Waals surface area contributed by atoms with Gasteiger partial charge in [0.2, 0.25) is 5.91 Å². The van der Waals surface area contributed by atoms with Gasteiger partial charge in [-0.25, -0.2) is 0 Å². The van der Waals surface area contributed by atoms with Gasteiger partial charge in [-0.1, -0.05) is 46.3 Å². The third kappa shape index (κ3) is 4.65. The summed E-state index contributed by atoms with van der Waals surface area (Å²) in [6, 6.07) is 18.6. The van der Waals surface area contributed by atoms with Gasteiger partial charge in [0.25, 0.3) is 0 Å². The third-order valence-corrected chi connectivity index (χ3v) is 5.61. The fourth-order valence-corrected chi connectivity index (χ4v) is 3.56. The van der Waals surface area contributed by atoms with Crippen LogP contribution in [0.25, 0.3) is 0 Å². The zero-order valence-corrected chi connectivity index (χ0v) is 17.0. The molecule has 2 aromatic carbocycles. The molecule has 0 aliphatic carbocycles. The zero-order chi connectivity index (χ0) is 18.5. The molecule has 0 radical (unpaired) electrons. The maximum atomic E-state index is 12.9. The van der Waals surface area contributed by atoms with Crippen LogP contribution in [0, 0.1) is 0 Å². The molecular weight excluding hydrogens is 390 g/mol. The maximum Gasteiger partial charge on any atom is 0.239 e. The minimum Gasteiger partial charge on any atom is -0.368 e. The molecular formula is C21H26BrN3O. The average Bonchev–Trinajstić information content (AvgIpc) is 2.69. The van der Waals surface area contributed by atoms with E-state index in [1.54, 1.807) is 0 Å². The third-order valence-electron chi connectivity index (χ3n) is 5.08. The Morgan fingerprint density at radius 2 is 1.65 bits per heavy atom. The molecule has 2 aromatic rings. The molecule has 5 heteroatoms. The van der Waals surface area contributed by atoms with Crippen molar-refractivity contribution in [2.45, 2.75) is 19.5 Å². The summed E-state index contributed by atoms with van der Waals surface area (Å²) < 4.78 is 1.07. The fourth-order valence-electron chi connectivity index (χ4n) is 3.29. The standard InChI is InChI=1S/C21H26BrN3O/c1-17(23(2)16-18-8-10-19(22)11-9-18)21(26)25-14-12-24(13-15-25)20-6-4-3-5-7-20/h3-11,17H,12-16H2,1-2H3. The van der Waals surface area contributed by atoms with E-state index in [2.05, 4.69) is 62.1 Å². The van der Waals surface area contributed by atoms with Crippen molar-refractivity contribution in [3.8, 4) is 0 Å². The van der Waals surface area contributed by atoms with Crippen molar-refractivity contribution in [3.63, 3.8) is 0 Å². The van der Waals surface area contributed by atoms with Crippen LogP contribution in [-0.2, 0) is 11.3 Å². The van der Waals surface area contributed by atoms with Crippen LogP contribution in [0.5, 0.6) is 0 Å². The number of anilines is 1. The molecule has 3 rings (SSSR count). The first kappa shape index (κ1) is 18.9. The van der Waals surface area contributed by atoms with Crippen LogP contribution >= 0.6 is 15.9 Å². The quantitative estimate of drug-likeness (QED) is 0.745. The SMILES string of the molecule is CC(C(=O)N1CCN(c2ccccc2)CC1)N(C)Cc1ccc(Br)cc1. The lowest BCUT2D eigenvalue weighted by molar-refractivity contribution is -0.136. The van der Waals surface area contributed by atoms with Gasteiger partial charge in [0, 0.05) is 42.9 Å². The van der Waals surface area contributed by atoms with E-state index in [4.69, 9.17) is 0 Å². The monoisotopic (exact) mass is 415 g/mol. The lowest BCUT2D eigenvalue weighted by atomic mass is 10.1. The number of hydrogen-bond acceptors (Lipinski definition) is 3. The molecule has 0 saturated carbocycles. The second kappa shape index (κ2) is 8.69. The van der Waals surface area contributed by atoms with Gasteiger partial charge in [-0.05, 0) is 43.8 Å². The van der Waals surface area contributed by atoms with Crippen LogP contribution < -0.4 is 4.90 Å². The van der Waals surface area contributed by atoms with Gasteiger partial charge in [0.05, 0.1) is 6.04 Å². The van der Waals surface area contributed by atoms with Crippen molar-refractivity contribution in [1.29, 1.82) is 0 Å². The summed E-state index contributed by atoms with van der Waals surface area (Å²) in [5.74, 6) is 0.220. The molecule has 1 saturated heterocycles. The van der Waals surface area contributed by atoms with Crippen molar-refractivity contribution in [1.82, 2.24) is 9.80 Å². The van der Waals surface area contributed by atoms with Gasteiger partial charge in [0.1, 0.15) is 0 Å². The van der Waals surface area contributed by atoms with Gasteiger partial charge in [0.15, 0.2) is 0 Å². The van der Waals surface area contributed by atoms with E-state index in [-0.39, 0.29) is 11.9 Å². The maximum absolute atomic E-state index is 12.9. The molecule has 138 valence electrons. The lowest BCUT2D eigenvalue weighted by Gasteiger charge is -2.38. The molecule has 1 heterocycles. The number of para-hydroxylation sites is 1. The molecule has 4 nitrogen and oxygen atoms in total. The summed E-state index contributed by atoms with van der Waals surface area (Å²) in [5.41, 5.74) is 2.45.